The Morgan fingerprint density at radius 3 is 1.00 bits per heavy atom. The highest BCUT2D eigenvalue weighted by Crippen LogP contribution is 2.43. The van der Waals surface area contributed by atoms with E-state index in [-0.39, 0.29) is 76.8 Å². The summed E-state index contributed by atoms with van der Waals surface area (Å²) in [6, 6.07) is 0. The predicted molar refractivity (Wildman–Crippen MR) is 353 cm³/mol. The number of hydrogen-bond donors (Lipinski definition) is 0. The Balaban J connectivity index is 2.23. The van der Waals surface area contributed by atoms with Gasteiger partial charge in [-0.25, -0.2) is 0 Å². The molecule has 18 heteroatoms. The molecule has 0 aromatic heterocycles. The van der Waals surface area contributed by atoms with E-state index >= 15 is 0 Å². The van der Waals surface area contributed by atoms with Crippen LogP contribution in [0.3, 0.4) is 0 Å². The molecule has 0 amide bonds. The molecule has 0 saturated carbocycles. The summed E-state index contributed by atoms with van der Waals surface area (Å²) in [6.07, 6.45) is 25.0. The molecule has 1 rings (SSSR count). The van der Waals surface area contributed by atoms with Crippen LogP contribution in [0.15, 0.2) is 0 Å². The maximum atomic E-state index is 12.8. The zero-order valence-corrected chi connectivity index (χ0v) is 58.8. The van der Waals surface area contributed by atoms with E-state index in [9.17, 15) is 19.2 Å². The van der Waals surface area contributed by atoms with Gasteiger partial charge in [0.15, 0.2) is 0 Å². The Kier molecular flexibility index (Phi) is 54.5. The van der Waals surface area contributed by atoms with E-state index in [1.165, 1.54) is 116 Å². The third-order valence-corrected chi connectivity index (χ3v) is 19.2. The fourth-order valence-electron chi connectivity index (χ4n) is 10.4. The molecule has 1 aliphatic heterocycles. The van der Waals surface area contributed by atoms with Crippen LogP contribution < -0.4 is 0 Å². The topological polar surface area (TPSA) is 179 Å². The zero-order valence-electron chi connectivity index (χ0n) is 57.2. The van der Waals surface area contributed by atoms with Crippen molar-refractivity contribution in [3.05, 3.63) is 0 Å². The van der Waals surface area contributed by atoms with E-state index in [2.05, 4.69) is 69.2 Å². The van der Waals surface area contributed by atoms with Gasteiger partial charge in [0.25, 0.3) is 0 Å². The van der Waals surface area contributed by atoms with Crippen LogP contribution >= 0.6 is 21.6 Å². The van der Waals surface area contributed by atoms with Gasteiger partial charge >= 0.3 is 23.9 Å². The molecule has 0 N–H and O–H groups in total. The number of hydrogen-bond acceptors (Lipinski definition) is 18. The summed E-state index contributed by atoms with van der Waals surface area (Å²) in [6.45, 7) is 29.7. The predicted octanol–water partition coefficient (Wildman–Crippen LogP) is 15.2. The highest BCUT2D eigenvalue weighted by atomic mass is 33.1. The molecule has 0 radical (unpaired) electrons. The molecular formula is C69H130O16S2. The highest BCUT2D eigenvalue weighted by molar-refractivity contribution is 8.77. The maximum absolute atomic E-state index is 12.8. The summed E-state index contributed by atoms with van der Waals surface area (Å²) >= 11 is 0. The van der Waals surface area contributed by atoms with Crippen molar-refractivity contribution in [1.82, 2.24) is 0 Å². The molecule has 0 bridgehead atoms. The lowest BCUT2D eigenvalue weighted by Gasteiger charge is -2.25. The van der Waals surface area contributed by atoms with Crippen LogP contribution in [0.25, 0.3) is 0 Å². The molecule has 7 unspecified atom stereocenters. The monoisotopic (exact) mass is 1280 g/mol. The second-order valence-corrected chi connectivity index (χ2v) is 28.9. The molecule has 87 heavy (non-hydrogen) atoms. The first-order valence-electron chi connectivity index (χ1n) is 34.4. The lowest BCUT2D eigenvalue weighted by Crippen LogP contribution is -2.35. The van der Waals surface area contributed by atoms with Gasteiger partial charge in [0.1, 0.15) is 32.5 Å². The van der Waals surface area contributed by atoms with E-state index in [1.807, 2.05) is 0 Å². The molecule has 16 nitrogen and oxygen atoms in total. The number of methoxy groups -OCH3 is 1. The van der Waals surface area contributed by atoms with Crippen molar-refractivity contribution in [2.45, 2.75) is 229 Å². The number of rotatable bonds is 63. The van der Waals surface area contributed by atoms with Crippen molar-refractivity contribution < 1.29 is 76.0 Å². The van der Waals surface area contributed by atoms with Crippen molar-refractivity contribution >= 4 is 45.5 Å². The average molecular weight is 1280 g/mol. The minimum atomic E-state index is -0.486. The average Bonchev–Trinajstić information content (AvgIpc) is 3.73. The first-order valence-corrected chi connectivity index (χ1v) is 36.8. The van der Waals surface area contributed by atoms with Crippen LogP contribution in [-0.2, 0) is 76.0 Å². The molecule has 1 saturated heterocycles. The molecule has 7 atom stereocenters. The molecule has 1 heterocycles. The molecule has 0 spiro atoms. The third-order valence-electron chi connectivity index (χ3n) is 16.3. The lowest BCUT2D eigenvalue weighted by atomic mass is 9.91. The number of carbonyl (C=O) groups is 4. The van der Waals surface area contributed by atoms with Gasteiger partial charge < -0.3 is 56.8 Å². The Hall–Kier alpha value is -1.74. The van der Waals surface area contributed by atoms with E-state index < -0.39 is 23.9 Å². The van der Waals surface area contributed by atoms with E-state index in [0.29, 0.717) is 91.1 Å². The molecule has 0 aromatic rings. The number of ether oxygens (including phenoxy) is 12. The molecule has 1 fully saturated rings. The van der Waals surface area contributed by atoms with Crippen LogP contribution in [0.1, 0.15) is 223 Å². The first-order chi connectivity index (χ1) is 41.9. The van der Waals surface area contributed by atoms with Crippen LogP contribution in [0.4, 0.5) is 0 Å². The van der Waals surface area contributed by atoms with Gasteiger partial charge in [-0.1, -0.05) is 206 Å². The van der Waals surface area contributed by atoms with Gasteiger partial charge in [0, 0.05) is 37.2 Å². The minimum Gasteiger partial charge on any atom is -0.465 e. The van der Waals surface area contributed by atoms with Crippen LogP contribution in [-0.4, -0.2) is 168 Å². The quantitative estimate of drug-likeness (QED) is 0.0243. The highest BCUT2D eigenvalue weighted by Gasteiger charge is 2.37. The number of esters is 4. The SMILES string of the molecule is COCC1(COC(=O)CCC(=O)OCCOCCOCCOCCOCCOCCOC(=O)CCC(=O)OCC(COCCC(C)CCCC(C)CCCC(C)CCCC(C)C)OCCC(C)CCCC(C)CCCC(C)CCCC(C)C)CSSC1. The molecule has 0 aliphatic carbocycles. The van der Waals surface area contributed by atoms with Gasteiger partial charge in [-0.3, -0.25) is 19.2 Å². The summed E-state index contributed by atoms with van der Waals surface area (Å²) in [4.78, 5) is 49.4. The van der Waals surface area contributed by atoms with Crippen molar-refractivity contribution in [3.8, 4) is 0 Å². The zero-order chi connectivity index (χ0) is 64.0. The smallest absolute Gasteiger partial charge is 0.306 e. The Bertz CT molecular complexity index is 1620. The Morgan fingerprint density at radius 2 is 0.644 bits per heavy atom. The minimum absolute atomic E-state index is 0.0312. The van der Waals surface area contributed by atoms with E-state index in [0.717, 1.165) is 59.9 Å². The number of carbonyl (C=O) groups excluding carboxylic acids is 4. The van der Waals surface area contributed by atoms with Gasteiger partial charge in [0.05, 0.1) is 105 Å². The summed E-state index contributed by atoms with van der Waals surface area (Å²) in [5.74, 6) is 5.82. The normalized spacial score (nSPS) is 15.7. The fraction of sp³-hybridized carbons (Fsp3) is 0.942. The first kappa shape index (κ1) is 83.3. The van der Waals surface area contributed by atoms with Crippen LogP contribution in [0.2, 0.25) is 0 Å². The standard InChI is InChI=1S/C69H130O16S2/c1-56(2)18-12-20-58(5)22-14-24-60(7)26-16-28-62(9)34-36-80-50-64(81-37-35-63(10)29-17-27-61(8)25-15-23-59(6)21-13-19-57(3)4)51-84-67(72)32-30-65(70)82-48-46-78-44-42-76-40-38-75-39-41-77-43-45-79-47-49-83-66(71)31-33-68(73)85-53-69(52-74-11)54-86-87-55-69/h56-64H,12-55H2,1-11H3. The third kappa shape index (κ3) is 53.5. The van der Waals surface area contributed by atoms with Gasteiger partial charge in [-0.2, -0.15) is 0 Å². The summed E-state index contributed by atoms with van der Waals surface area (Å²) < 4.78 is 66.8. The van der Waals surface area contributed by atoms with Crippen LogP contribution in [0.5, 0.6) is 0 Å². The Morgan fingerprint density at radius 1 is 0.333 bits per heavy atom. The molecule has 514 valence electrons. The van der Waals surface area contributed by atoms with Gasteiger partial charge in [-0.05, 0) is 60.2 Å². The summed E-state index contributed by atoms with van der Waals surface area (Å²) in [5.41, 5.74) is -0.177. The molecule has 1 aliphatic rings. The molecule has 0 aromatic carbocycles. The maximum Gasteiger partial charge on any atom is 0.306 e. The summed E-state index contributed by atoms with van der Waals surface area (Å²) in [5, 5.41) is 0. The van der Waals surface area contributed by atoms with Gasteiger partial charge in [0.2, 0.25) is 0 Å². The van der Waals surface area contributed by atoms with Crippen molar-refractivity contribution in [2.24, 2.45) is 52.8 Å². The second kappa shape index (κ2) is 57.0. The summed E-state index contributed by atoms with van der Waals surface area (Å²) in [7, 11) is 5.13. The largest absolute Gasteiger partial charge is 0.465 e. The van der Waals surface area contributed by atoms with Crippen molar-refractivity contribution in [1.29, 1.82) is 0 Å². The van der Waals surface area contributed by atoms with Crippen molar-refractivity contribution in [2.75, 3.05) is 138 Å². The Labute approximate surface area is 538 Å². The van der Waals surface area contributed by atoms with E-state index in [4.69, 9.17) is 56.8 Å². The van der Waals surface area contributed by atoms with Gasteiger partial charge in [-0.15, -0.1) is 0 Å². The molecular weight excluding hydrogens is 1150 g/mol. The second-order valence-electron chi connectivity index (χ2n) is 26.5. The van der Waals surface area contributed by atoms with E-state index in [1.54, 1.807) is 28.7 Å². The van der Waals surface area contributed by atoms with Crippen molar-refractivity contribution in [3.63, 3.8) is 0 Å². The van der Waals surface area contributed by atoms with Crippen LogP contribution in [0, 0.1) is 52.8 Å². The lowest BCUT2D eigenvalue weighted by molar-refractivity contribution is -0.154. The fourth-order valence-corrected chi connectivity index (χ4v) is 13.7.